The summed E-state index contributed by atoms with van der Waals surface area (Å²) in [7, 11) is 0. The van der Waals surface area contributed by atoms with Gasteiger partial charge in [0.05, 0.1) is 41.1 Å². The SMILES string of the molecule is CCOC(=O)CN1CCN(c2cnc(C(=O)Nc3nc(-c4cc(Cl)cs4)c(CN4CCC[C@H]4C)s3)cn2)[C@H](C)C1. The first-order chi connectivity index (χ1) is 19.3. The Morgan fingerprint density at radius 2 is 2.02 bits per heavy atom. The maximum absolute atomic E-state index is 13.1. The topological polar surface area (TPSA) is 104 Å². The van der Waals surface area contributed by atoms with Crippen LogP contribution in [0, 0.1) is 0 Å². The summed E-state index contributed by atoms with van der Waals surface area (Å²) in [4.78, 5) is 47.4. The standard InChI is InChI=1S/C27H34ClN7O3S2/c1-4-38-24(36)15-33-8-9-35(18(3)13-33)23-12-29-20(11-30-23)26(37)32-27-31-25(21-10-19(28)16-39-21)22(40-27)14-34-7-5-6-17(34)2/h10-12,16-18H,4-9,13-15H2,1-3H3,(H,31,32,37)/t17-,18-/m1/s1. The number of aromatic nitrogens is 3. The molecule has 2 aliphatic rings. The molecule has 13 heteroatoms. The molecule has 0 saturated carbocycles. The van der Waals surface area contributed by atoms with Crippen LogP contribution >= 0.6 is 34.3 Å². The summed E-state index contributed by atoms with van der Waals surface area (Å²) in [5.41, 5.74) is 1.09. The number of amides is 1. The molecular weight excluding hydrogens is 570 g/mol. The lowest BCUT2D eigenvalue weighted by molar-refractivity contribution is -0.144. The molecule has 1 N–H and O–H groups in total. The van der Waals surface area contributed by atoms with Crippen LogP contribution in [0.3, 0.4) is 0 Å². The quantitative estimate of drug-likeness (QED) is 0.351. The Bertz CT molecular complexity index is 1330. The Kier molecular flexibility index (Phi) is 9.31. The number of nitrogens with zero attached hydrogens (tertiary/aromatic N) is 6. The summed E-state index contributed by atoms with van der Waals surface area (Å²) in [5, 5.41) is 6.04. The fraction of sp³-hybridized carbons (Fsp3) is 0.519. The van der Waals surface area contributed by atoms with Gasteiger partial charge in [-0.1, -0.05) is 22.9 Å². The zero-order valence-corrected chi connectivity index (χ0v) is 25.3. The summed E-state index contributed by atoms with van der Waals surface area (Å²) in [6, 6.07) is 2.58. The van der Waals surface area contributed by atoms with E-state index in [-0.39, 0.29) is 30.2 Å². The molecule has 2 saturated heterocycles. The molecule has 2 aliphatic heterocycles. The number of hydrogen-bond donors (Lipinski definition) is 1. The van der Waals surface area contributed by atoms with Gasteiger partial charge in [-0.15, -0.1) is 11.3 Å². The van der Waals surface area contributed by atoms with Crippen LogP contribution in [0.2, 0.25) is 5.02 Å². The van der Waals surface area contributed by atoms with Crippen LogP contribution in [0.25, 0.3) is 10.6 Å². The number of halogens is 1. The number of likely N-dealkylation sites (tertiary alicyclic amines) is 1. The van der Waals surface area contributed by atoms with Crippen molar-refractivity contribution in [3.63, 3.8) is 0 Å². The van der Waals surface area contributed by atoms with E-state index < -0.39 is 0 Å². The van der Waals surface area contributed by atoms with E-state index in [0.29, 0.717) is 48.3 Å². The zero-order chi connectivity index (χ0) is 28.2. The largest absolute Gasteiger partial charge is 0.465 e. The van der Waals surface area contributed by atoms with Crippen LogP contribution in [-0.2, 0) is 16.1 Å². The van der Waals surface area contributed by atoms with E-state index in [1.165, 1.54) is 30.4 Å². The molecule has 2 atom stereocenters. The highest BCUT2D eigenvalue weighted by Crippen LogP contribution is 2.37. The Morgan fingerprint density at radius 1 is 1.18 bits per heavy atom. The molecule has 0 aromatic carbocycles. The smallest absolute Gasteiger partial charge is 0.320 e. The van der Waals surface area contributed by atoms with Gasteiger partial charge in [0.1, 0.15) is 11.5 Å². The Morgan fingerprint density at radius 3 is 2.67 bits per heavy atom. The molecule has 5 rings (SSSR count). The number of carbonyl (C=O) groups excluding carboxylic acids is 2. The van der Waals surface area contributed by atoms with Gasteiger partial charge in [-0.05, 0) is 46.2 Å². The van der Waals surface area contributed by atoms with Gasteiger partial charge in [-0.25, -0.2) is 15.0 Å². The lowest BCUT2D eigenvalue weighted by Crippen LogP contribution is -2.53. The van der Waals surface area contributed by atoms with Crippen molar-refractivity contribution < 1.29 is 14.3 Å². The predicted octanol–water partition coefficient (Wildman–Crippen LogP) is 4.63. The van der Waals surface area contributed by atoms with Gasteiger partial charge >= 0.3 is 5.97 Å². The fourth-order valence-corrected chi connectivity index (χ4v) is 7.36. The highest BCUT2D eigenvalue weighted by atomic mass is 35.5. The van der Waals surface area contributed by atoms with Crippen LogP contribution in [0.5, 0.6) is 0 Å². The molecule has 5 heterocycles. The molecule has 0 spiro atoms. The first-order valence-electron chi connectivity index (χ1n) is 13.6. The third kappa shape index (κ3) is 6.80. The van der Waals surface area contributed by atoms with Crippen LogP contribution in [0.4, 0.5) is 10.9 Å². The van der Waals surface area contributed by atoms with Gasteiger partial charge in [-0.3, -0.25) is 24.7 Å². The van der Waals surface area contributed by atoms with E-state index in [4.69, 9.17) is 21.3 Å². The van der Waals surface area contributed by atoms with Gasteiger partial charge in [0.15, 0.2) is 5.13 Å². The van der Waals surface area contributed by atoms with Gasteiger partial charge in [0.2, 0.25) is 0 Å². The summed E-state index contributed by atoms with van der Waals surface area (Å²) in [6.45, 7) is 10.8. The average Bonchev–Trinajstić information content (AvgIpc) is 3.65. The van der Waals surface area contributed by atoms with Gasteiger partial charge in [0, 0.05) is 48.5 Å². The van der Waals surface area contributed by atoms with Crippen molar-refractivity contribution in [1.82, 2.24) is 24.8 Å². The molecule has 40 heavy (non-hydrogen) atoms. The molecule has 1 amide bonds. The number of anilines is 2. The highest BCUT2D eigenvalue weighted by Gasteiger charge is 2.27. The predicted molar refractivity (Wildman–Crippen MR) is 159 cm³/mol. The molecule has 3 aromatic rings. The van der Waals surface area contributed by atoms with E-state index in [9.17, 15) is 9.59 Å². The fourth-order valence-electron chi connectivity index (χ4n) is 5.21. The number of rotatable bonds is 9. The maximum Gasteiger partial charge on any atom is 0.320 e. The maximum atomic E-state index is 13.1. The van der Waals surface area contributed by atoms with Gasteiger partial charge < -0.3 is 9.64 Å². The van der Waals surface area contributed by atoms with E-state index in [1.54, 1.807) is 17.5 Å². The molecule has 10 nitrogen and oxygen atoms in total. The summed E-state index contributed by atoms with van der Waals surface area (Å²) < 4.78 is 5.07. The molecule has 0 bridgehead atoms. The molecule has 0 radical (unpaired) electrons. The van der Waals surface area contributed by atoms with Gasteiger partial charge in [0.25, 0.3) is 5.91 Å². The second-order valence-electron chi connectivity index (χ2n) is 10.2. The number of hydrogen-bond acceptors (Lipinski definition) is 11. The Hall–Kier alpha value is -2.64. The van der Waals surface area contributed by atoms with Crippen LogP contribution in [0.1, 0.15) is 49.0 Å². The van der Waals surface area contributed by atoms with E-state index in [0.717, 1.165) is 28.5 Å². The Balaban J connectivity index is 1.24. The zero-order valence-electron chi connectivity index (χ0n) is 22.9. The molecule has 2 fully saturated rings. The third-order valence-electron chi connectivity index (χ3n) is 7.29. The monoisotopic (exact) mass is 603 g/mol. The second kappa shape index (κ2) is 12.9. The number of carbonyl (C=O) groups is 2. The van der Waals surface area contributed by atoms with E-state index in [2.05, 4.69) is 43.8 Å². The minimum absolute atomic E-state index is 0.133. The highest BCUT2D eigenvalue weighted by molar-refractivity contribution is 7.17. The number of thiazole rings is 1. The lowest BCUT2D eigenvalue weighted by atomic mass is 10.2. The minimum Gasteiger partial charge on any atom is -0.465 e. The second-order valence-corrected chi connectivity index (χ2v) is 12.6. The molecule has 214 valence electrons. The van der Waals surface area contributed by atoms with E-state index >= 15 is 0 Å². The van der Waals surface area contributed by atoms with Crippen molar-refractivity contribution >= 4 is 57.1 Å². The number of thiophene rings is 1. The molecule has 3 aromatic heterocycles. The minimum atomic E-state index is -0.350. The van der Waals surface area contributed by atoms with Crippen LogP contribution in [0.15, 0.2) is 23.8 Å². The summed E-state index contributed by atoms with van der Waals surface area (Å²) in [6.07, 6.45) is 5.52. The van der Waals surface area contributed by atoms with Crippen molar-refractivity contribution in [2.75, 3.05) is 49.5 Å². The molecule has 0 aliphatic carbocycles. The number of ether oxygens (including phenoxy) is 1. The normalized spacial score (nSPS) is 20.1. The van der Waals surface area contributed by atoms with Crippen molar-refractivity contribution in [3.8, 4) is 10.6 Å². The third-order valence-corrected chi connectivity index (χ3v) is 9.53. The van der Waals surface area contributed by atoms with Crippen molar-refractivity contribution in [3.05, 3.63) is 39.4 Å². The number of esters is 1. The lowest BCUT2D eigenvalue weighted by Gasteiger charge is -2.39. The van der Waals surface area contributed by atoms with E-state index in [1.807, 2.05) is 18.4 Å². The first-order valence-corrected chi connectivity index (χ1v) is 15.6. The van der Waals surface area contributed by atoms with Gasteiger partial charge in [-0.2, -0.15) is 0 Å². The van der Waals surface area contributed by atoms with Crippen molar-refractivity contribution in [1.29, 1.82) is 0 Å². The number of piperazine rings is 1. The van der Waals surface area contributed by atoms with Crippen LogP contribution in [-0.4, -0.2) is 88.0 Å². The molecular formula is C27H34ClN7O3S2. The van der Waals surface area contributed by atoms with Crippen LogP contribution < -0.4 is 10.2 Å². The Labute approximate surface area is 247 Å². The summed E-state index contributed by atoms with van der Waals surface area (Å²) in [5.74, 6) is 0.146. The van der Waals surface area contributed by atoms with Crippen molar-refractivity contribution in [2.24, 2.45) is 0 Å². The first kappa shape index (κ1) is 28.9. The van der Waals surface area contributed by atoms with Crippen molar-refractivity contribution in [2.45, 2.75) is 52.2 Å². The number of nitrogens with one attached hydrogen (secondary N) is 1. The summed E-state index contributed by atoms with van der Waals surface area (Å²) >= 11 is 9.26. The average molecular weight is 604 g/mol. The molecule has 0 unspecified atom stereocenters.